The number of hydrogen-bond acceptors (Lipinski definition) is 3. The predicted molar refractivity (Wildman–Crippen MR) is 73.2 cm³/mol. The molecule has 0 fully saturated rings. The highest BCUT2D eigenvalue weighted by Gasteiger charge is 2.02. The van der Waals surface area contributed by atoms with Crippen LogP contribution in [0.15, 0.2) is 42.5 Å². The van der Waals surface area contributed by atoms with Gasteiger partial charge >= 0.3 is 0 Å². The summed E-state index contributed by atoms with van der Waals surface area (Å²) in [6.45, 7) is 2.82. The van der Waals surface area contributed by atoms with Gasteiger partial charge in [-0.2, -0.15) is 0 Å². The second kappa shape index (κ2) is 5.45. The molecular weight excluding hydrogens is 226 g/mol. The third-order valence-corrected chi connectivity index (χ3v) is 2.92. The Morgan fingerprint density at radius 3 is 2.61 bits per heavy atom. The number of rotatable bonds is 4. The maximum absolute atomic E-state index is 9.68. The average molecular weight is 243 g/mol. The molecule has 2 aromatic carbocycles. The summed E-state index contributed by atoms with van der Waals surface area (Å²) < 4.78 is 5.00. The van der Waals surface area contributed by atoms with Gasteiger partial charge in [-0.1, -0.05) is 24.3 Å². The SMILES string of the molecule is COc1ccc(NCc2ccccc2C)cc1O. The van der Waals surface area contributed by atoms with E-state index in [-0.39, 0.29) is 5.75 Å². The van der Waals surface area contributed by atoms with Crippen LogP contribution in [0, 0.1) is 6.92 Å². The van der Waals surface area contributed by atoms with E-state index in [9.17, 15) is 5.11 Å². The molecule has 94 valence electrons. The van der Waals surface area contributed by atoms with Crippen molar-refractivity contribution in [2.24, 2.45) is 0 Å². The summed E-state index contributed by atoms with van der Waals surface area (Å²) in [5.74, 6) is 0.628. The van der Waals surface area contributed by atoms with Crippen molar-refractivity contribution < 1.29 is 9.84 Å². The van der Waals surface area contributed by atoms with Crippen molar-refractivity contribution in [1.29, 1.82) is 0 Å². The quantitative estimate of drug-likeness (QED) is 0.865. The summed E-state index contributed by atoms with van der Waals surface area (Å²) in [5, 5.41) is 13.0. The fraction of sp³-hybridized carbons (Fsp3) is 0.200. The van der Waals surface area contributed by atoms with E-state index >= 15 is 0 Å². The van der Waals surface area contributed by atoms with Crippen LogP contribution in [0.5, 0.6) is 11.5 Å². The van der Waals surface area contributed by atoms with Gasteiger partial charge < -0.3 is 15.2 Å². The number of aryl methyl sites for hydroxylation is 1. The number of phenols is 1. The third kappa shape index (κ3) is 2.74. The van der Waals surface area contributed by atoms with Crippen LogP contribution < -0.4 is 10.1 Å². The van der Waals surface area contributed by atoms with E-state index in [0.717, 1.165) is 12.2 Å². The summed E-state index contributed by atoms with van der Waals surface area (Å²) in [6.07, 6.45) is 0. The van der Waals surface area contributed by atoms with Crippen molar-refractivity contribution in [2.75, 3.05) is 12.4 Å². The van der Waals surface area contributed by atoms with Crippen LogP contribution in [-0.4, -0.2) is 12.2 Å². The van der Waals surface area contributed by atoms with Crippen LogP contribution in [0.4, 0.5) is 5.69 Å². The van der Waals surface area contributed by atoms with Crippen LogP contribution in [0.1, 0.15) is 11.1 Å². The number of aromatic hydroxyl groups is 1. The highest BCUT2D eigenvalue weighted by atomic mass is 16.5. The monoisotopic (exact) mass is 243 g/mol. The normalized spacial score (nSPS) is 10.1. The number of benzene rings is 2. The molecule has 0 amide bonds. The largest absolute Gasteiger partial charge is 0.504 e. The highest BCUT2D eigenvalue weighted by Crippen LogP contribution is 2.28. The minimum atomic E-state index is 0.146. The Labute approximate surface area is 107 Å². The van der Waals surface area contributed by atoms with Gasteiger partial charge in [0.2, 0.25) is 0 Å². The maximum atomic E-state index is 9.68. The van der Waals surface area contributed by atoms with Gasteiger partial charge in [0.25, 0.3) is 0 Å². The van der Waals surface area contributed by atoms with Gasteiger partial charge in [-0.05, 0) is 30.2 Å². The van der Waals surface area contributed by atoms with Crippen LogP contribution in [-0.2, 0) is 6.54 Å². The Morgan fingerprint density at radius 1 is 1.17 bits per heavy atom. The number of ether oxygens (including phenoxy) is 1. The van der Waals surface area contributed by atoms with E-state index in [2.05, 4.69) is 24.4 Å². The zero-order chi connectivity index (χ0) is 13.0. The molecule has 0 radical (unpaired) electrons. The van der Waals surface area contributed by atoms with Crippen LogP contribution in [0.2, 0.25) is 0 Å². The molecule has 0 aliphatic carbocycles. The predicted octanol–water partition coefficient (Wildman–Crippen LogP) is 3.32. The summed E-state index contributed by atoms with van der Waals surface area (Å²) >= 11 is 0. The lowest BCUT2D eigenvalue weighted by molar-refractivity contribution is 0.373. The third-order valence-electron chi connectivity index (χ3n) is 2.92. The average Bonchev–Trinajstić information content (AvgIpc) is 2.38. The van der Waals surface area contributed by atoms with Crippen molar-refractivity contribution >= 4 is 5.69 Å². The van der Waals surface area contributed by atoms with Crippen LogP contribution >= 0.6 is 0 Å². The van der Waals surface area contributed by atoms with Gasteiger partial charge in [0.05, 0.1) is 7.11 Å². The summed E-state index contributed by atoms with van der Waals surface area (Å²) in [4.78, 5) is 0. The van der Waals surface area contributed by atoms with E-state index in [1.807, 2.05) is 18.2 Å². The minimum absolute atomic E-state index is 0.146. The molecule has 2 rings (SSSR count). The van der Waals surface area contributed by atoms with Crippen molar-refractivity contribution in [3.8, 4) is 11.5 Å². The number of anilines is 1. The first kappa shape index (κ1) is 12.3. The van der Waals surface area contributed by atoms with Gasteiger partial charge in [0.1, 0.15) is 0 Å². The van der Waals surface area contributed by atoms with E-state index in [4.69, 9.17) is 4.74 Å². The molecule has 0 aromatic heterocycles. The molecule has 0 saturated carbocycles. The molecule has 0 bridgehead atoms. The van der Waals surface area contributed by atoms with Gasteiger partial charge in [-0.25, -0.2) is 0 Å². The molecule has 2 N–H and O–H groups in total. The first-order valence-corrected chi connectivity index (χ1v) is 5.86. The van der Waals surface area contributed by atoms with E-state index in [1.54, 1.807) is 12.1 Å². The lowest BCUT2D eigenvalue weighted by Gasteiger charge is -2.10. The molecule has 3 nitrogen and oxygen atoms in total. The Bertz CT molecular complexity index is 538. The number of nitrogens with one attached hydrogen (secondary N) is 1. The molecule has 0 spiro atoms. The lowest BCUT2D eigenvalue weighted by Crippen LogP contribution is -2.01. The fourth-order valence-corrected chi connectivity index (χ4v) is 1.81. The standard InChI is InChI=1S/C15H17NO2/c1-11-5-3-4-6-12(11)10-16-13-7-8-15(18-2)14(17)9-13/h3-9,16-17H,10H2,1-2H3. The first-order valence-electron chi connectivity index (χ1n) is 5.86. The zero-order valence-corrected chi connectivity index (χ0v) is 10.6. The molecule has 0 aliphatic rings. The van der Waals surface area contributed by atoms with E-state index in [0.29, 0.717) is 5.75 Å². The van der Waals surface area contributed by atoms with E-state index in [1.165, 1.54) is 18.2 Å². The van der Waals surface area contributed by atoms with Crippen molar-refractivity contribution in [1.82, 2.24) is 0 Å². The Morgan fingerprint density at radius 2 is 1.94 bits per heavy atom. The molecule has 0 heterocycles. The second-order valence-corrected chi connectivity index (χ2v) is 4.17. The molecule has 3 heteroatoms. The number of phenolic OH excluding ortho intramolecular Hbond substituents is 1. The lowest BCUT2D eigenvalue weighted by atomic mass is 10.1. The molecule has 2 aromatic rings. The second-order valence-electron chi connectivity index (χ2n) is 4.17. The first-order chi connectivity index (χ1) is 8.70. The Hall–Kier alpha value is -2.16. The Kier molecular flexibility index (Phi) is 3.72. The van der Waals surface area contributed by atoms with Gasteiger partial charge in [0, 0.05) is 18.3 Å². The van der Waals surface area contributed by atoms with E-state index < -0.39 is 0 Å². The fourth-order valence-electron chi connectivity index (χ4n) is 1.81. The topological polar surface area (TPSA) is 41.5 Å². The van der Waals surface area contributed by atoms with Crippen LogP contribution in [0.25, 0.3) is 0 Å². The van der Waals surface area contributed by atoms with Gasteiger partial charge in [-0.3, -0.25) is 0 Å². The molecule has 0 saturated heterocycles. The highest BCUT2D eigenvalue weighted by molar-refractivity contribution is 5.54. The molecule has 18 heavy (non-hydrogen) atoms. The number of methoxy groups -OCH3 is 1. The van der Waals surface area contributed by atoms with Gasteiger partial charge in [-0.15, -0.1) is 0 Å². The molecule has 0 unspecified atom stereocenters. The molecule has 0 atom stereocenters. The Balaban J connectivity index is 2.07. The smallest absolute Gasteiger partial charge is 0.160 e. The zero-order valence-electron chi connectivity index (χ0n) is 10.6. The van der Waals surface area contributed by atoms with Crippen molar-refractivity contribution in [3.05, 3.63) is 53.6 Å². The summed E-state index contributed by atoms with van der Waals surface area (Å²) in [7, 11) is 1.54. The summed E-state index contributed by atoms with van der Waals surface area (Å²) in [6, 6.07) is 13.5. The summed E-state index contributed by atoms with van der Waals surface area (Å²) in [5.41, 5.74) is 3.37. The van der Waals surface area contributed by atoms with Crippen molar-refractivity contribution in [3.63, 3.8) is 0 Å². The molecule has 0 aliphatic heterocycles. The molecular formula is C15H17NO2. The van der Waals surface area contributed by atoms with Crippen molar-refractivity contribution in [2.45, 2.75) is 13.5 Å². The number of hydrogen-bond donors (Lipinski definition) is 2. The minimum Gasteiger partial charge on any atom is -0.504 e. The van der Waals surface area contributed by atoms with Crippen LogP contribution in [0.3, 0.4) is 0 Å². The van der Waals surface area contributed by atoms with Gasteiger partial charge in [0.15, 0.2) is 11.5 Å². The maximum Gasteiger partial charge on any atom is 0.160 e.